The van der Waals surface area contributed by atoms with Crippen molar-refractivity contribution in [1.29, 1.82) is 0 Å². The number of alkyl halides is 1. The van der Waals surface area contributed by atoms with E-state index in [0.717, 1.165) is 37.0 Å². The van der Waals surface area contributed by atoms with Crippen molar-refractivity contribution in [2.24, 2.45) is 5.73 Å². The van der Waals surface area contributed by atoms with Crippen LogP contribution in [0.4, 0.5) is 4.39 Å². The van der Waals surface area contributed by atoms with Gasteiger partial charge in [0.25, 0.3) is 0 Å². The van der Waals surface area contributed by atoms with Gasteiger partial charge < -0.3 is 25.8 Å². The molecule has 1 aromatic rings. The quantitative estimate of drug-likeness (QED) is 0.408. The van der Waals surface area contributed by atoms with Gasteiger partial charge in [-0.25, -0.2) is 0 Å². The molecule has 0 spiro atoms. The monoisotopic (exact) mass is 343 g/mol. The Balaban J connectivity index is 2.33. The number of rotatable bonds is 13. The van der Waals surface area contributed by atoms with Crippen LogP contribution < -0.4 is 10.5 Å². The van der Waals surface area contributed by atoms with E-state index in [1.807, 2.05) is 24.3 Å². The molecule has 0 heterocycles. The van der Waals surface area contributed by atoms with Crippen LogP contribution in [-0.2, 0) is 6.42 Å². The van der Waals surface area contributed by atoms with Gasteiger partial charge in [-0.1, -0.05) is 31.4 Å². The molecule has 0 fully saturated rings. The van der Waals surface area contributed by atoms with Gasteiger partial charge in [-0.2, -0.15) is 0 Å². The van der Waals surface area contributed by atoms with Gasteiger partial charge in [-0.15, -0.1) is 0 Å². The molecule has 0 saturated heterocycles. The Morgan fingerprint density at radius 1 is 1.00 bits per heavy atom. The molecular formula is C18H30FNO4. The molecule has 5 N–H and O–H groups in total. The Bertz CT molecular complexity index is 437. The number of unbranched alkanes of at least 4 members (excludes halogenated alkanes) is 4. The molecule has 1 atom stereocenters. The molecular weight excluding hydrogens is 313 g/mol. The molecule has 0 amide bonds. The van der Waals surface area contributed by atoms with E-state index < -0.39 is 24.9 Å². The van der Waals surface area contributed by atoms with E-state index in [4.69, 9.17) is 10.5 Å². The minimum atomic E-state index is -1.41. The summed E-state index contributed by atoms with van der Waals surface area (Å²) in [5.74, 6) is 0.750. The summed E-state index contributed by atoms with van der Waals surface area (Å²) < 4.78 is 17.6. The van der Waals surface area contributed by atoms with Gasteiger partial charge in [0.2, 0.25) is 0 Å². The lowest BCUT2D eigenvalue weighted by molar-refractivity contribution is 0.00831. The van der Waals surface area contributed by atoms with E-state index in [0.29, 0.717) is 13.0 Å². The van der Waals surface area contributed by atoms with Crippen molar-refractivity contribution in [3.8, 4) is 5.75 Å². The van der Waals surface area contributed by atoms with E-state index in [-0.39, 0.29) is 13.1 Å². The Morgan fingerprint density at radius 3 is 2.17 bits per heavy atom. The second-order valence-corrected chi connectivity index (χ2v) is 6.22. The molecule has 138 valence electrons. The third-order valence-corrected chi connectivity index (χ3v) is 4.15. The lowest BCUT2D eigenvalue weighted by Crippen LogP contribution is -2.57. The normalized spacial score (nSPS) is 13.0. The first-order valence-corrected chi connectivity index (χ1v) is 8.52. The van der Waals surface area contributed by atoms with Gasteiger partial charge in [0, 0.05) is 6.42 Å². The minimum Gasteiger partial charge on any atom is -0.494 e. The Morgan fingerprint density at radius 2 is 1.58 bits per heavy atom. The van der Waals surface area contributed by atoms with Crippen LogP contribution in [0.3, 0.4) is 0 Å². The summed E-state index contributed by atoms with van der Waals surface area (Å²) in [5.41, 5.74) is 5.19. The first-order valence-electron chi connectivity index (χ1n) is 8.52. The first kappa shape index (κ1) is 20.8. The molecule has 24 heavy (non-hydrogen) atoms. The smallest absolute Gasteiger partial charge is 0.119 e. The van der Waals surface area contributed by atoms with Gasteiger partial charge in [0.05, 0.1) is 38.1 Å². The van der Waals surface area contributed by atoms with Crippen LogP contribution in [0, 0.1) is 0 Å². The lowest BCUT2D eigenvalue weighted by Gasteiger charge is -2.30. The molecule has 1 unspecified atom stereocenters. The Kier molecular flexibility index (Phi) is 9.86. The number of hydrogen-bond acceptors (Lipinski definition) is 5. The van der Waals surface area contributed by atoms with Gasteiger partial charge in [0.15, 0.2) is 0 Å². The van der Waals surface area contributed by atoms with Crippen LogP contribution in [0.1, 0.15) is 37.7 Å². The Labute approximate surface area is 143 Å². The molecule has 0 radical (unpaired) electrons. The summed E-state index contributed by atoms with van der Waals surface area (Å²) in [6.45, 7) is -0.591. The zero-order valence-corrected chi connectivity index (χ0v) is 14.2. The minimum absolute atomic E-state index is 0.237. The lowest BCUT2D eigenvalue weighted by atomic mass is 9.90. The molecule has 5 nitrogen and oxygen atoms in total. The van der Waals surface area contributed by atoms with E-state index in [2.05, 4.69) is 0 Å². The van der Waals surface area contributed by atoms with E-state index in [1.54, 1.807) is 0 Å². The maximum absolute atomic E-state index is 11.9. The zero-order valence-electron chi connectivity index (χ0n) is 14.2. The SMILES string of the molecule is NC(CO)(CO)C(O)Cc1ccc(OCCCCCCCF)cc1. The fourth-order valence-corrected chi connectivity index (χ4v) is 2.33. The summed E-state index contributed by atoms with van der Waals surface area (Å²) in [4.78, 5) is 0. The maximum Gasteiger partial charge on any atom is 0.119 e. The maximum atomic E-state index is 11.9. The van der Waals surface area contributed by atoms with Crippen LogP contribution >= 0.6 is 0 Å². The fraction of sp³-hybridized carbons (Fsp3) is 0.667. The van der Waals surface area contributed by atoms with Gasteiger partial charge >= 0.3 is 0 Å². The van der Waals surface area contributed by atoms with Gasteiger partial charge in [-0.05, 0) is 30.5 Å². The highest BCUT2D eigenvalue weighted by Gasteiger charge is 2.32. The van der Waals surface area contributed by atoms with Gasteiger partial charge in [0.1, 0.15) is 5.75 Å². The highest BCUT2D eigenvalue weighted by atomic mass is 19.1. The van der Waals surface area contributed by atoms with Crippen LogP contribution in [-0.4, -0.2) is 53.5 Å². The number of nitrogens with two attached hydrogens (primary N) is 1. The predicted molar refractivity (Wildman–Crippen MR) is 91.8 cm³/mol. The van der Waals surface area contributed by atoms with Crippen molar-refractivity contribution in [1.82, 2.24) is 0 Å². The van der Waals surface area contributed by atoms with Crippen molar-refractivity contribution in [2.75, 3.05) is 26.5 Å². The second-order valence-electron chi connectivity index (χ2n) is 6.22. The number of hydrogen-bond donors (Lipinski definition) is 4. The van der Waals surface area contributed by atoms with Crippen molar-refractivity contribution in [3.05, 3.63) is 29.8 Å². The topological polar surface area (TPSA) is 95.9 Å². The molecule has 1 rings (SSSR count). The molecule has 0 aliphatic heterocycles. The third kappa shape index (κ3) is 7.13. The van der Waals surface area contributed by atoms with Gasteiger partial charge in [-0.3, -0.25) is 4.39 Å². The van der Waals surface area contributed by atoms with Crippen LogP contribution in [0.2, 0.25) is 0 Å². The van der Waals surface area contributed by atoms with E-state index >= 15 is 0 Å². The third-order valence-electron chi connectivity index (χ3n) is 4.15. The fourth-order valence-electron chi connectivity index (χ4n) is 2.33. The summed E-state index contributed by atoms with van der Waals surface area (Å²) in [5, 5.41) is 28.4. The highest BCUT2D eigenvalue weighted by Crippen LogP contribution is 2.17. The average Bonchev–Trinajstić information content (AvgIpc) is 2.61. The number of aliphatic hydroxyl groups excluding tert-OH is 3. The highest BCUT2D eigenvalue weighted by molar-refractivity contribution is 5.28. The number of aliphatic hydroxyl groups is 3. The summed E-state index contributed by atoms with van der Waals surface area (Å²) in [7, 11) is 0. The van der Waals surface area contributed by atoms with Crippen LogP contribution in [0.15, 0.2) is 24.3 Å². The molecule has 1 aromatic carbocycles. The molecule has 0 bridgehead atoms. The largest absolute Gasteiger partial charge is 0.494 e. The molecule has 0 aromatic heterocycles. The van der Waals surface area contributed by atoms with E-state index in [9.17, 15) is 19.7 Å². The summed E-state index contributed by atoms with van der Waals surface area (Å²) >= 11 is 0. The number of benzene rings is 1. The standard InChI is InChI=1S/C18H30FNO4/c19-10-4-2-1-3-5-11-24-16-8-6-15(7-9-16)12-17(23)18(20,13-21)14-22/h6-9,17,21-23H,1-5,10-14,20H2. The van der Waals surface area contributed by atoms with Crippen molar-refractivity contribution in [2.45, 2.75) is 50.2 Å². The number of halogens is 1. The van der Waals surface area contributed by atoms with Crippen LogP contribution in [0.5, 0.6) is 5.75 Å². The second kappa shape index (κ2) is 11.4. The van der Waals surface area contributed by atoms with Crippen molar-refractivity contribution < 1.29 is 24.4 Å². The average molecular weight is 343 g/mol. The van der Waals surface area contributed by atoms with Crippen molar-refractivity contribution >= 4 is 0 Å². The number of ether oxygens (including phenoxy) is 1. The Hall–Kier alpha value is -1.21. The van der Waals surface area contributed by atoms with Crippen LogP contribution in [0.25, 0.3) is 0 Å². The predicted octanol–water partition coefficient (Wildman–Crippen LogP) is 1.57. The molecule has 6 heteroatoms. The summed E-state index contributed by atoms with van der Waals surface area (Å²) in [6, 6.07) is 7.30. The molecule has 0 aliphatic carbocycles. The molecule has 0 aliphatic rings. The van der Waals surface area contributed by atoms with Crippen molar-refractivity contribution in [3.63, 3.8) is 0 Å². The van der Waals surface area contributed by atoms with E-state index in [1.165, 1.54) is 0 Å². The summed E-state index contributed by atoms with van der Waals surface area (Å²) in [6.07, 6.45) is 3.78. The zero-order chi connectivity index (χ0) is 17.8. The first-order chi connectivity index (χ1) is 11.6. The molecule has 0 saturated carbocycles.